The third-order valence-electron chi connectivity index (χ3n) is 3.60. The third kappa shape index (κ3) is 3.16. The van der Waals surface area contributed by atoms with Gasteiger partial charge in [0.25, 0.3) is 5.56 Å². The topological polar surface area (TPSA) is 93.2 Å². The second-order valence-corrected chi connectivity index (χ2v) is 5.59. The van der Waals surface area contributed by atoms with Crippen LogP contribution in [0.2, 0.25) is 0 Å². The summed E-state index contributed by atoms with van der Waals surface area (Å²) < 4.78 is 1.70. The number of nitrogens with zero attached hydrogens (tertiary/aromatic N) is 2. The van der Waals surface area contributed by atoms with E-state index in [4.69, 9.17) is 10.8 Å². The van der Waals surface area contributed by atoms with Crippen LogP contribution in [0.5, 0.6) is 0 Å². The van der Waals surface area contributed by atoms with Gasteiger partial charge in [-0.2, -0.15) is 5.10 Å². The molecule has 4 N–H and O–H groups in total. The molecule has 0 radical (unpaired) electrons. The van der Waals surface area contributed by atoms with Crippen LogP contribution < -0.4 is 16.6 Å². The summed E-state index contributed by atoms with van der Waals surface area (Å²) in [7, 11) is 0. The van der Waals surface area contributed by atoms with Crippen molar-refractivity contribution >= 4 is 21.6 Å². The lowest BCUT2D eigenvalue weighted by Crippen LogP contribution is -2.31. The standard InChI is InChI=1S/C12H19BrN4O2/c13-11-10(7-15-17(4-5-18)12(11)19)16-9-3-1-2-8(9)6-14/h7-9,16,18H,1-6,14H2. The molecule has 1 heterocycles. The van der Waals surface area contributed by atoms with Crippen molar-refractivity contribution in [2.75, 3.05) is 18.5 Å². The van der Waals surface area contributed by atoms with E-state index in [1.807, 2.05) is 0 Å². The van der Waals surface area contributed by atoms with Crippen molar-refractivity contribution in [2.45, 2.75) is 31.8 Å². The molecule has 19 heavy (non-hydrogen) atoms. The Morgan fingerprint density at radius 1 is 1.58 bits per heavy atom. The van der Waals surface area contributed by atoms with Gasteiger partial charge >= 0.3 is 0 Å². The largest absolute Gasteiger partial charge is 0.394 e. The van der Waals surface area contributed by atoms with Gasteiger partial charge in [-0.3, -0.25) is 4.79 Å². The normalized spacial score (nSPS) is 22.7. The molecule has 2 rings (SSSR count). The summed E-state index contributed by atoms with van der Waals surface area (Å²) in [4.78, 5) is 12.0. The van der Waals surface area contributed by atoms with Gasteiger partial charge in [0.15, 0.2) is 0 Å². The summed E-state index contributed by atoms with van der Waals surface area (Å²) in [6, 6.07) is 0.302. The molecule has 106 valence electrons. The van der Waals surface area contributed by atoms with E-state index >= 15 is 0 Å². The van der Waals surface area contributed by atoms with Crippen LogP contribution >= 0.6 is 15.9 Å². The Balaban J connectivity index is 2.17. The fourth-order valence-corrected chi connectivity index (χ4v) is 2.95. The van der Waals surface area contributed by atoms with E-state index in [2.05, 4.69) is 26.3 Å². The number of aliphatic hydroxyl groups is 1. The van der Waals surface area contributed by atoms with Gasteiger partial charge < -0.3 is 16.2 Å². The van der Waals surface area contributed by atoms with Crippen molar-refractivity contribution in [3.8, 4) is 0 Å². The summed E-state index contributed by atoms with van der Waals surface area (Å²) in [5.74, 6) is 0.451. The Bertz CT molecular complexity index is 491. The van der Waals surface area contributed by atoms with E-state index in [0.717, 1.165) is 19.3 Å². The van der Waals surface area contributed by atoms with Gasteiger partial charge in [-0.25, -0.2) is 4.68 Å². The summed E-state index contributed by atoms with van der Waals surface area (Å²) in [5.41, 5.74) is 6.21. The van der Waals surface area contributed by atoms with Gasteiger partial charge in [0.2, 0.25) is 0 Å². The average Bonchev–Trinajstić information content (AvgIpc) is 2.86. The first-order valence-electron chi connectivity index (χ1n) is 6.50. The fraction of sp³-hybridized carbons (Fsp3) is 0.667. The van der Waals surface area contributed by atoms with E-state index < -0.39 is 0 Å². The molecule has 1 aliphatic carbocycles. The number of nitrogens with one attached hydrogen (secondary N) is 1. The van der Waals surface area contributed by atoms with Crippen LogP contribution in [0.3, 0.4) is 0 Å². The van der Waals surface area contributed by atoms with Gasteiger partial charge in [-0.15, -0.1) is 0 Å². The van der Waals surface area contributed by atoms with Gasteiger partial charge in [0.1, 0.15) is 4.47 Å². The predicted octanol–water partition coefficient (Wildman–Crippen LogP) is 0.537. The van der Waals surface area contributed by atoms with Crippen molar-refractivity contribution in [2.24, 2.45) is 11.7 Å². The number of anilines is 1. The summed E-state index contributed by atoms with van der Waals surface area (Å²) >= 11 is 3.30. The van der Waals surface area contributed by atoms with Crippen LogP contribution in [0.1, 0.15) is 19.3 Å². The first-order valence-corrected chi connectivity index (χ1v) is 7.29. The van der Waals surface area contributed by atoms with Crippen LogP contribution in [-0.2, 0) is 6.54 Å². The summed E-state index contributed by atoms with van der Waals surface area (Å²) in [6.45, 7) is 0.751. The summed E-state index contributed by atoms with van der Waals surface area (Å²) in [5, 5.41) is 16.3. The van der Waals surface area contributed by atoms with Crippen molar-refractivity contribution in [1.29, 1.82) is 0 Å². The number of rotatable bonds is 5. The maximum absolute atomic E-state index is 12.0. The number of halogens is 1. The van der Waals surface area contributed by atoms with Gasteiger partial charge in [0.05, 0.1) is 25.0 Å². The second kappa shape index (κ2) is 6.49. The van der Waals surface area contributed by atoms with Crippen LogP contribution in [-0.4, -0.2) is 34.1 Å². The molecule has 1 aromatic heterocycles. The van der Waals surface area contributed by atoms with Gasteiger partial charge in [-0.1, -0.05) is 6.42 Å². The maximum atomic E-state index is 12.0. The second-order valence-electron chi connectivity index (χ2n) is 4.80. The molecule has 7 heteroatoms. The minimum atomic E-state index is -0.235. The number of hydrogen-bond acceptors (Lipinski definition) is 5. The number of nitrogens with two attached hydrogens (primary N) is 1. The number of hydrogen-bond donors (Lipinski definition) is 3. The number of aliphatic hydroxyl groups excluding tert-OH is 1. The molecule has 1 aliphatic rings. The van der Waals surface area contributed by atoms with Gasteiger partial charge in [-0.05, 0) is 41.2 Å². The minimum absolute atomic E-state index is 0.107. The zero-order valence-corrected chi connectivity index (χ0v) is 12.3. The molecule has 6 nitrogen and oxygen atoms in total. The zero-order valence-electron chi connectivity index (χ0n) is 10.7. The first-order chi connectivity index (χ1) is 9.17. The highest BCUT2D eigenvalue weighted by molar-refractivity contribution is 9.10. The van der Waals surface area contributed by atoms with E-state index in [0.29, 0.717) is 28.7 Å². The molecule has 0 aliphatic heterocycles. The van der Waals surface area contributed by atoms with Crippen LogP contribution in [0.25, 0.3) is 0 Å². The van der Waals surface area contributed by atoms with Crippen molar-refractivity contribution in [1.82, 2.24) is 9.78 Å². The molecule has 1 fully saturated rings. The molecule has 0 bridgehead atoms. The van der Waals surface area contributed by atoms with Crippen molar-refractivity contribution in [3.05, 3.63) is 21.0 Å². The molecule has 1 saturated carbocycles. The molecular weight excluding hydrogens is 312 g/mol. The Morgan fingerprint density at radius 2 is 2.37 bits per heavy atom. The Kier molecular flexibility index (Phi) is 4.95. The van der Waals surface area contributed by atoms with E-state index in [-0.39, 0.29) is 18.7 Å². The van der Waals surface area contributed by atoms with Crippen LogP contribution in [0.15, 0.2) is 15.5 Å². The van der Waals surface area contributed by atoms with E-state index in [9.17, 15) is 4.79 Å². The smallest absolute Gasteiger partial charge is 0.283 e. The zero-order chi connectivity index (χ0) is 13.8. The third-order valence-corrected chi connectivity index (χ3v) is 4.37. The van der Waals surface area contributed by atoms with Crippen molar-refractivity contribution in [3.63, 3.8) is 0 Å². The predicted molar refractivity (Wildman–Crippen MR) is 77.1 cm³/mol. The lowest BCUT2D eigenvalue weighted by atomic mass is 10.0. The molecule has 0 saturated heterocycles. The highest BCUT2D eigenvalue weighted by atomic mass is 79.9. The Morgan fingerprint density at radius 3 is 3.05 bits per heavy atom. The highest BCUT2D eigenvalue weighted by Crippen LogP contribution is 2.29. The molecule has 0 spiro atoms. The lowest BCUT2D eigenvalue weighted by Gasteiger charge is -2.21. The lowest BCUT2D eigenvalue weighted by molar-refractivity contribution is 0.266. The van der Waals surface area contributed by atoms with Gasteiger partial charge in [0, 0.05) is 6.04 Å². The maximum Gasteiger partial charge on any atom is 0.283 e. The molecule has 1 aromatic rings. The molecular formula is C12H19BrN4O2. The first kappa shape index (κ1) is 14.5. The highest BCUT2D eigenvalue weighted by Gasteiger charge is 2.26. The Hall–Kier alpha value is -0.920. The fourth-order valence-electron chi connectivity index (χ4n) is 2.53. The molecule has 0 amide bonds. The van der Waals surface area contributed by atoms with Crippen LogP contribution in [0, 0.1) is 5.92 Å². The molecule has 0 aromatic carbocycles. The Labute approximate surface area is 120 Å². The minimum Gasteiger partial charge on any atom is -0.394 e. The average molecular weight is 331 g/mol. The molecule has 2 atom stereocenters. The van der Waals surface area contributed by atoms with Crippen molar-refractivity contribution < 1.29 is 5.11 Å². The van der Waals surface area contributed by atoms with E-state index in [1.165, 1.54) is 4.68 Å². The quantitative estimate of drug-likeness (QED) is 0.732. The number of aromatic nitrogens is 2. The molecule has 2 unspecified atom stereocenters. The monoisotopic (exact) mass is 330 g/mol. The SMILES string of the molecule is NCC1CCCC1Nc1cnn(CCO)c(=O)c1Br. The summed E-state index contributed by atoms with van der Waals surface area (Å²) in [6.07, 6.45) is 4.97. The van der Waals surface area contributed by atoms with Crippen LogP contribution in [0.4, 0.5) is 5.69 Å². The van der Waals surface area contributed by atoms with E-state index in [1.54, 1.807) is 6.20 Å².